The van der Waals surface area contributed by atoms with Crippen LogP contribution in [0, 0.1) is 5.92 Å². The van der Waals surface area contributed by atoms with Gasteiger partial charge in [-0.05, 0) is 47.9 Å². The third-order valence-corrected chi connectivity index (χ3v) is 7.40. The average Bonchev–Trinajstić information content (AvgIpc) is 3.42. The first-order valence-corrected chi connectivity index (χ1v) is 12.1. The van der Waals surface area contributed by atoms with Gasteiger partial charge >= 0.3 is 5.69 Å². The van der Waals surface area contributed by atoms with E-state index < -0.39 is 0 Å². The second-order valence-electron chi connectivity index (χ2n) is 9.69. The highest BCUT2D eigenvalue weighted by Gasteiger charge is 2.33. The van der Waals surface area contributed by atoms with Crippen molar-refractivity contribution in [2.24, 2.45) is 13.0 Å². The second kappa shape index (κ2) is 8.13. The molecule has 6 rings (SSSR count). The molecule has 0 radical (unpaired) electrons. The molecule has 0 spiro atoms. The SMILES string of the molecule is Cn1c(=O)c2c(N3CCCC3CO)n(Cc3cccc4ccccc34)nc2n(CC2CC2)c1=O. The largest absolute Gasteiger partial charge is 0.394 e. The number of aliphatic hydroxyl groups is 1. The van der Waals surface area contributed by atoms with E-state index in [-0.39, 0.29) is 23.9 Å². The molecule has 0 amide bonds. The Morgan fingerprint density at radius 2 is 1.85 bits per heavy atom. The van der Waals surface area contributed by atoms with Crippen LogP contribution in [0.15, 0.2) is 52.1 Å². The van der Waals surface area contributed by atoms with Gasteiger partial charge in [0.15, 0.2) is 5.65 Å². The fourth-order valence-corrected chi connectivity index (χ4v) is 5.37. The van der Waals surface area contributed by atoms with Gasteiger partial charge in [-0.25, -0.2) is 9.48 Å². The van der Waals surface area contributed by atoms with E-state index in [0.29, 0.717) is 35.9 Å². The van der Waals surface area contributed by atoms with Crippen molar-refractivity contribution in [3.63, 3.8) is 0 Å². The summed E-state index contributed by atoms with van der Waals surface area (Å²) in [6.45, 7) is 1.81. The fourth-order valence-electron chi connectivity index (χ4n) is 5.37. The van der Waals surface area contributed by atoms with Gasteiger partial charge in [-0.3, -0.25) is 13.9 Å². The van der Waals surface area contributed by atoms with Crippen LogP contribution in [0.25, 0.3) is 21.8 Å². The van der Waals surface area contributed by atoms with Crippen molar-refractivity contribution >= 4 is 27.6 Å². The minimum Gasteiger partial charge on any atom is -0.394 e. The maximum absolute atomic E-state index is 13.5. The van der Waals surface area contributed by atoms with Crippen molar-refractivity contribution in [1.29, 1.82) is 0 Å². The Morgan fingerprint density at radius 3 is 2.65 bits per heavy atom. The van der Waals surface area contributed by atoms with Gasteiger partial charge in [-0.15, -0.1) is 0 Å². The zero-order valence-corrected chi connectivity index (χ0v) is 19.4. The number of anilines is 1. The quantitative estimate of drug-likeness (QED) is 0.479. The van der Waals surface area contributed by atoms with Crippen molar-refractivity contribution in [3.05, 3.63) is 68.9 Å². The van der Waals surface area contributed by atoms with Crippen LogP contribution in [-0.2, 0) is 20.1 Å². The lowest BCUT2D eigenvalue weighted by atomic mass is 10.0. The molecular weight excluding hydrogens is 430 g/mol. The Hall–Kier alpha value is -3.39. The molecule has 1 aliphatic heterocycles. The number of hydrogen-bond donors (Lipinski definition) is 1. The number of hydrogen-bond acceptors (Lipinski definition) is 5. The molecular formula is C26H29N5O3. The Kier molecular flexibility index (Phi) is 5.06. The van der Waals surface area contributed by atoms with Crippen LogP contribution in [0.1, 0.15) is 31.2 Å². The van der Waals surface area contributed by atoms with Crippen LogP contribution < -0.4 is 16.1 Å². The normalized spacial score (nSPS) is 18.4. The van der Waals surface area contributed by atoms with Crippen molar-refractivity contribution in [2.75, 3.05) is 18.1 Å². The summed E-state index contributed by atoms with van der Waals surface area (Å²) in [7, 11) is 1.55. The molecule has 1 saturated carbocycles. The number of aliphatic hydroxyl groups excluding tert-OH is 1. The summed E-state index contributed by atoms with van der Waals surface area (Å²) >= 11 is 0. The van der Waals surface area contributed by atoms with Crippen LogP contribution in [0.2, 0.25) is 0 Å². The molecule has 3 heterocycles. The topological polar surface area (TPSA) is 85.3 Å². The van der Waals surface area contributed by atoms with E-state index in [0.717, 1.165) is 48.6 Å². The monoisotopic (exact) mass is 459 g/mol. The highest BCUT2D eigenvalue weighted by Crippen LogP contribution is 2.34. The van der Waals surface area contributed by atoms with Crippen molar-refractivity contribution in [1.82, 2.24) is 18.9 Å². The van der Waals surface area contributed by atoms with Crippen molar-refractivity contribution in [2.45, 2.75) is 44.8 Å². The summed E-state index contributed by atoms with van der Waals surface area (Å²) in [6.07, 6.45) is 3.99. The van der Waals surface area contributed by atoms with Gasteiger partial charge in [0, 0.05) is 20.1 Å². The minimum atomic E-state index is -0.324. The van der Waals surface area contributed by atoms with E-state index in [1.54, 1.807) is 11.6 Å². The van der Waals surface area contributed by atoms with Crippen molar-refractivity contribution in [3.8, 4) is 0 Å². The first-order chi connectivity index (χ1) is 16.6. The average molecular weight is 460 g/mol. The molecule has 2 aliphatic rings. The molecule has 4 aromatic rings. The van der Waals surface area contributed by atoms with Gasteiger partial charge in [0.1, 0.15) is 11.2 Å². The van der Waals surface area contributed by atoms with E-state index in [9.17, 15) is 14.7 Å². The molecule has 2 aromatic carbocycles. The van der Waals surface area contributed by atoms with E-state index in [2.05, 4.69) is 29.2 Å². The number of fused-ring (bicyclic) bond motifs is 2. The summed E-state index contributed by atoms with van der Waals surface area (Å²) in [5.41, 5.74) is 0.916. The van der Waals surface area contributed by atoms with Crippen LogP contribution in [0.5, 0.6) is 0 Å². The number of aromatic nitrogens is 4. The van der Waals surface area contributed by atoms with Gasteiger partial charge in [-0.1, -0.05) is 42.5 Å². The standard InChI is InChI=1S/C26H29N5O3/c1-28-25(33)22-23(30(26(28)34)14-17-11-12-17)27-31(24(22)29-13-5-9-20(29)16-32)15-19-8-4-7-18-6-2-3-10-21(18)19/h2-4,6-8,10,17,20,32H,5,9,11-16H2,1H3. The second-order valence-corrected chi connectivity index (χ2v) is 9.69. The van der Waals surface area contributed by atoms with E-state index in [1.807, 2.05) is 22.9 Å². The molecule has 8 nitrogen and oxygen atoms in total. The summed E-state index contributed by atoms with van der Waals surface area (Å²) in [5, 5.41) is 17.7. The summed E-state index contributed by atoms with van der Waals surface area (Å²) in [5.74, 6) is 1.17. The Bertz CT molecular complexity index is 1510. The fraction of sp³-hybridized carbons (Fsp3) is 0.423. The Balaban J connectivity index is 1.61. The molecule has 0 bridgehead atoms. The molecule has 2 fully saturated rings. The number of rotatable bonds is 6. The maximum atomic E-state index is 13.5. The van der Waals surface area contributed by atoms with Gasteiger partial charge in [-0.2, -0.15) is 5.10 Å². The molecule has 8 heteroatoms. The van der Waals surface area contributed by atoms with Gasteiger partial charge in [0.25, 0.3) is 5.56 Å². The zero-order chi connectivity index (χ0) is 23.4. The lowest BCUT2D eigenvalue weighted by Crippen LogP contribution is -2.39. The zero-order valence-electron chi connectivity index (χ0n) is 19.4. The molecule has 176 valence electrons. The molecule has 1 saturated heterocycles. The Morgan fingerprint density at radius 1 is 1.06 bits per heavy atom. The predicted molar refractivity (Wildman–Crippen MR) is 132 cm³/mol. The summed E-state index contributed by atoms with van der Waals surface area (Å²) in [4.78, 5) is 28.7. The van der Waals surface area contributed by atoms with E-state index >= 15 is 0 Å². The summed E-state index contributed by atoms with van der Waals surface area (Å²) in [6, 6.07) is 14.4. The van der Waals surface area contributed by atoms with Crippen LogP contribution in [0.4, 0.5) is 5.82 Å². The molecule has 1 atom stereocenters. The minimum absolute atomic E-state index is 0.0168. The molecule has 1 N–H and O–H groups in total. The lowest BCUT2D eigenvalue weighted by Gasteiger charge is -2.26. The van der Waals surface area contributed by atoms with Gasteiger partial charge in [0.2, 0.25) is 0 Å². The smallest absolute Gasteiger partial charge is 0.332 e. The van der Waals surface area contributed by atoms with E-state index in [1.165, 1.54) is 4.57 Å². The lowest BCUT2D eigenvalue weighted by molar-refractivity contribution is 0.265. The predicted octanol–water partition coefficient (Wildman–Crippen LogP) is 2.47. The molecule has 2 aromatic heterocycles. The third-order valence-electron chi connectivity index (χ3n) is 7.40. The third kappa shape index (κ3) is 3.36. The Labute approximate surface area is 196 Å². The first kappa shape index (κ1) is 21.2. The van der Waals surface area contributed by atoms with Crippen molar-refractivity contribution < 1.29 is 5.11 Å². The van der Waals surface area contributed by atoms with Gasteiger partial charge < -0.3 is 10.0 Å². The molecule has 1 unspecified atom stereocenters. The number of nitrogens with zero attached hydrogens (tertiary/aromatic N) is 5. The van der Waals surface area contributed by atoms with Crippen LogP contribution in [-0.4, -0.2) is 43.2 Å². The molecule has 1 aliphatic carbocycles. The summed E-state index contributed by atoms with van der Waals surface area (Å²) < 4.78 is 4.77. The van der Waals surface area contributed by atoms with E-state index in [4.69, 9.17) is 5.10 Å². The van der Waals surface area contributed by atoms with Crippen LogP contribution >= 0.6 is 0 Å². The highest BCUT2D eigenvalue weighted by atomic mass is 16.3. The van der Waals surface area contributed by atoms with Crippen LogP contribution in [0.3, 0.4) is 0 Å². The highest BCUT2D eigenvalue weighted by molar-refractivity contribution is 5.89. The maximum Gasteiger partial charge on any atom is 0.332 e. The van der Waals surface area contributed by atoms with Gasteiger partial charge in [0.05, 0.1) is 19.2 Å². The molecule has 34 heavy (non-hydrogen) atoms. The number of benzene rings is 2. The first-order valence-electron chi connectivity index (χ1n) is 12.1.